The second-order valence-corrected chi connectivity index (χ2v) is 6.05. The van der Waals surface area contributed by atoms with Crippen molar-refractivity contribution in [2.45, 2.75) is 58.4 Å². The molecule has 1 atom stereocenters. The molecule has 0 aromatic carbocycles. The molecule has 0 spiro atoms. The van der Waals surface area contributed by atoms with Gasteiger partial charge >= 0.3 is 0 Å². The van der Waals surface area contributed by atoms with Crippen LogP contribution in [0.3, 0.4) is 0 Å². The highest BCUT2D eigenvalue weighted by Gasteiger charge is 2.33. The molecule has 0 radical (unpaired) electrons. The highest BCUT2D eigenvalue weighted by Crippen LogP contribution is 2.34. The van der Waals surface area contributed by atoms with Crippen LogP contribution in [0.25, 0.3) is 0 Å². The van der Waals surface area contributed by atoms with Crippen molar-refractivity contribution in [3.05, 3.63) is 0 Å². The number of nitrogens with one attached hydrogen (secondary N) is 1. The van der Waals surface area contributed by atoms with Crippen molar-refractivity contribution in [3.8, 4) is 0 Å². The van der Waals surface area contributed by atoms with Crippen LogP contribution in [-0.2, 0) is 0 Å². The number of hydrogen-bond acceptors (Lipinski definition) is 1. The van der Waals surface area contributed by atoms with E-state index in [1.165, 1.54) is 51.6 Å². The Morgan fingerprint density at radius 2 is 2.24 bits per heavy atom. The lowest BCUT2D eigenvalue weighted by Crippen LogP contribution is -2.50. The number of aliphatic imine (C=N–C) groups is 1. The van der Waals surface area contributed by atoms with Gasteiger partial charge in [0, 0.05) is 26.2 Å². The topological polar surface area (TPSA) is 27.6 Å². The van der Waals surface area contributed by atoms with Gasteiger partial charge in [-0.05, 0) is 37.5 Å². The fourth-order valence-electron chi connectivity index (χ4n) is 3.01. The Kier molecular flexibility index (Phi) is 3.95. The van der Waals surface area contributed by atoms with Gasteiger partial charge in [0.05, 0.1) is 0 Å². The van der Waals surface area contributed by atoms with Crippen LogP contribution in [0.5, 0.6) is 0 Å². The Morgan fingerprint density at radius 1 is 1.47 bits per heavy atom. The summed E-state index contributed by atoms with van der Waals surface area (Å²) in [6.07, 6.45) is 7.95. The van der Waals surface area contributed by atoms with E-state index in [1.54, 1.807) is 0 Å². The van der Waals surface area contributed by atoms with Gasteiger partial charge in [0.1, 0.15) is 0 Å². The van der Waals surface area contributed by atoms with Crippen LogP contribution in [-0.4, -0.2) is 37.0 Å². The predicted molar refractivity (Wildman–Crippen MR) is 73.3 cm³/mol. The summed E-state index contributed by atoms with van der Waals surface area (Å²) in [6, 6.07) is 0.702. The summed E-state index contributed by atoms with van der Waals surface area (Å²) < 4.78 is 0. The van der Waals surface area contributed by atoms with Crippen LogP contribution in [0.1, 0.15) is 52.4 Å². The Hall–Kier alpha value is -0.730. The van der Waals surface area contributed by atoms with E-state index in [0.717, 1.165) is 5.96 Å². The minimum atomic E-state index is 0.494. The molecule has 1 aliphatic carbocycles. The summed E-state index contributed by atoms with van der Waals surface area (Å²) in [7, 11) is 1.91. The molecule has 0 aromatic heterocycles. The predicted octanol–water partition coefficient (Wildman–Crippen LogP) is 2.63. The zero-order valence-electron chi connectivity index (χ0n) is 11.6. The maximum Gasteiger partial charge on any atom is 0.193 e. The number of piperidine rings is 1. The van der Waals surface area contributed by atoms with Crippen LogP contribution >= 0.6 is 0 Å². The Labute approximate surface area is 106 Å². The van der Waals surface area contributed by atoms with Gasteiger partial charge in [-0.2, -0.15) is 0 Å². The molecule has 0 amide bonds. The molecule has 1 N–H and O–H groups in total. The third-order valence-electron chi connectivity index (χ3n) is 4.06. The Bertz CT molecular complexity index is 279. The number of nitrogens with zero attached hydrogens (tertiary/aromatic N) is 2. The number of guanidine groups is 1. The summed E-state index contributed by atoms with van der Waals surface area (Å²) in [5, 5.41) is 3.57. The van der Waals surface area contributed by atoms with Crippen molar-refractivity contribution in [2.75, 3.05) is 20.1 Å². The molecule has 1 heterocycles. The molecule has 17 heavy (non-hydrogen) atoms. The van der Waals surface area contributed by atoms with Crippen LogP contribution in [0.2, 0.25) is 0 Å². The molecule has 2 fully saturated rings. The van der Waals surface area contributed by atoms with E-state index in [9.17, 15) is 0 Å². The first-order valence-corrected chi connectivity index (χ1v) is 7.15. The summed E-state index contributed by atoms with van der Waals surface area (Å²) in [5.74, 6) is 1.13. The molecular weight excluding hydrogens is 210 g/mol. The van der Waals surface area contributed by atoms with E-state index in [2.05, 4.69) is 29.1 Å². The van der Waals surface area contributed by atoms with E-state index in [0.29, 0.717) is 11.5 Å². The van der Waals surface area contributed by atoms with Gasteiger partial charge < -0.3 is 10.2 Å². The quantitative estimate of drug-likeness (QED) is 0.603. The van der Waals surface area contributed by atoms with Gasteiger partial charge in [0.2, 0.25) is 0 Å². The average Bonchev–Trinajstić information content (AvgIpc) is 3.09. The van der Waals surface area contributed by atoms with E-state index in [1.807, 2.05) is 7.05 Å². The van der Waals surface area contributed by atoms with Crippen LogP contribution < -0.4 is 5.32 Å². The van der Waals surface area contributed by atoms with E-state index in [-0.39, 0.29) is 0 Å². The summed E-state index contributed by atoms with van der Waals surface area (Å²) in [5.41, 5.74) is 0.494. The molecule has 2 aliphatic rings. The first-order chi connectivity index (χ1) is 8.17. The third-order valence-corrected chi connectivity index (χ3v) is 4.06. The lowest BCUT2D eigenvalue weighted by atomic mass is 9.78. The van der Waals surface area contributed by atoms with Gasteiger partial charge in [-0.3, -0.25) is 4.99 Å². The minimum absolute atomic E-state index is 0.494. The van der Waals surface area contributed by atoms with Gasteiger partial charge in [0.25, 0.3) is 0 Å². The maximum atomic E-state index is 4.45. The van der Waals surface area contributed by atoms with Crippen LogP contribution in [0.15, 0.2) is 4.99 Å². The van der Waals surface area contributed by atoms with Gasteiger partial charge in [-0.1, -0.05) is 20.3 Å². The Morgan fingerprint density at radius 3 is 2.82 bits per heavy atom. The zero-order chi connectivity index (χ0) is 12.3. The van der Waals surface area contributed by atoms with Crippen molar-refractivity contribution in [1.82, 2.24) is 10.2 Å². The SMILES string of the molecule is CCCC1(C)CCCN(C(=NC)NC2CC2)C1. The fraction of sp³-hybridized carbons (Fsp3) is 0.929. The van der Waals surface area contributed by atoms with Gasteiger partial charge in [0.15, 0.2) is 5.96 Å². The maximum absolute atomic E-state index is 4.45. The van der Waals surface area contributed by atoms with E-state index < -0.39 is 0 Å². The van der Waals surface area contributed by atoms with Crippen LogP contribution in [0, 0.1) is 5.41 Å². The standard InChI is InChI=1S/C14H27N3/c1-4-8-14(2)9-5-10-17(11-14)13(15-3)16-12-6-7-12/h12H,4-11H2,1-3H3,(H,15,16). The largest absolute Gasteiger partial charge is 0.354 e. The summed E-state index contributed by atoms with van der Waals surface area (Å²) in [4.78, 5) is 6.92. The van der Waals surface area contributed by atoms with E-state index in [4.69, 9.17) is 0 Å². The molecule has 1 aliphatic heterocycles. The molecule has 2 rings (SSSR count). The molecule has 1 saturated carbocycles. The Balaban J connectivity index is 1.94. The first kappa shape index (κ1) is 12.7. The number of likely N-dealkylation sites (tertiary alicyclic amines) is 1. The molecule has 0 bridgehead atoms. The first-order valence-electron chi connectivity index (χ1n) is 7.15. The fourth-order valence-corrected chi connectivity index (χ4v) is 3.01. The van der Waals surface area contributed by atoms with Gasteiger partial charge in [-0.25, -0.2) is 0 Å². The lowest BCUT2D eigenvalue weighted by molar-refractivity contribution is 0.142. The molecular formula is C14H27N3. The zero-order valence-corrected chi connectivity index (χ0v) is 11.6. The number of hydrogen-bond donors (Lipinski definition) is 1. The highest BCUT2D eigenvalue weighted by molar-refractivity contribution is 5.80. The normalized spacial score (nSPS) is 30.5. The molecule has 3 nitrogen and oxygen atoms in total. The third kappa shape index (κ3) is 3.36. The van der Waals surface area contributed by atoms with Crippen molar-refractivity contribution in [3.63, 3.8) is 0 Å². The second kappa shape index (κ2) is 5.28. The number of rotatable bonds is 3. The highest BCUT2D eigenvalue weighted by atomic mass is 15.3. The van der Waals surface area contributed by atoms with E-state index >= 15 is 0 Å². The molecule has 1 saturated heterocycles. The molecule has 98 valence electrons. The molecule has 0 aromatic rings. The minimum Gasteiger partial charge on any atom is -0.354 e. The van der Waals surface area contributed by atoms with Crippen molar-refractivity contribution in [1.29, 1.82) is 0 Å². The van der Waals surface area contributed by atoms with Gasteiger partial charge in [-0.15, -0.1) is 0 Å². The summed E-state index contributed by atoms with van der Waals surface area (Å²) in [6.45, 7) is 7.08. The average molecular weight is 237 g/mol. The van der Waals surface area contributed by atoms with Crippen molar-refractivity contribution < 1.29 is 0 Å². The summed E-state index contributed by atoms with van der Waals surface area (Å²) >= 11 is 0. The second-order valence-electron chi connectivity index (χ2n) is 6.05. The van der Waals surface area contributed by atoms with Crippen molar-refractivity contribution in [2.24, 2.45) is 10.4 Å². The monoisotopic (exact) mass is 237 g/mol. The lowest BCUT2D eigenvalue weighted by Gasteiger charge is -2.42. The smallest absolute Gasteiger partial charge is 0.193 e. The van der Waals surface area contributed by atoms with Crippen molar-refractivity contribution >= 4 is 5.96 Å². The molecule has 3 heteroatoms. The molecule has 1 unspecified atom stereocenters. The van der Waals surface area contributed by atoms with Crippen LogP contribution in [0.4, 0.5) is 0 Å².